The van der Waals surface area contributed by atoms with Crippen molar-refractivity contribution in [3.63, 3.8) is 0 Å². The molecule has 3 rings (SSSR count). The van der Waals surface area contributed by atoms with E-state index in [4.69, 9.17) is 0 Å². The van der Waals surface area contributed by atoms with Gasteiger partial charge in [0.25, 0.3) is 5.91 Å². The number of hydrogen-bond acceptors (Lipinski definition) is 2. The Balaban J connectivity index is 1.72. The minimum absolute atomic E-state index is 0.226. The number of imidazole rings is 1. The van der Waals surface area contributed by atoms with Crippen molar-refractivity contribution < 1.29 is 9.18 Å². The van der Waals surface area contributed by atoms with Gasteiger partial charge >= 0.3 is 5.69 Å². The number of benzene rings is 2. The van der Waals surface area contributed by atoms with Crippen molar-refractivity contribution >= 4 is 32.9 Å². The number of nitrogens with one attached hydrogen (secondary N) is 2. The van der Waals surface area contributed by atoms with Crippen LogP contribution < -0.4 is 11.0 Å². The maximum atomic E-state index is 13.2. The first-order chi connectivity index (χ1) is 11.1. The number of halogens is 2. The summed E-state index contributed by atoms with van der Waals surface area (Å²) in [6.07, 6.45) is 0. The summed E-state index contributed by atoms with van der Waals surface area (Å²) in [6, 6.07) is 11.2. The molecular formula is C16H13BrFN3O2. The van der Waals surface area contributed by atoms with Gasteiger partial charge in [-0.05, 0) is 46.3 Å². The van der Waals surface area contributed by atoms with E-state index in [2.05, 4.69) is 26.2 Å². The van der Waals surface area contributed by atoms with Crippen LogP contribution >= 0.6 is 15.9 Å². The third-order valence-electron chi connectivity index (χ3n) is 3.48. The summed E-state index contributed by atoms with van der Waals surface area (Å²) in [5, 5.41) is 2.76. The molecular weight excluding hydrogens is 365 g/mol. The fourth-order valence-electron chi connectivity index (χ4n) is 2.38. The number of amides is 1. The third kappa shape index (κ3) is 3.19. The summed E-state index contributed by atoms with van der Waals surface area (Å²) in [5.74, 6) is -0.635. The number of nitrogens with zero attached hydrogens (tertiary/aromatic N) is 1. The van der Waals surface area contributed by atoms with Crippen LogP contribution in [0.4, 0.5) is 4.39 Å². The standard InChI is InChI=1S/C16H13BrFN3O2/c17-12-4-2-1-3-11(12)15(22)19-7-8-21-14-6-5-10(18)9-13(14)20-16(21)23/h1-6,9H,7-8H2,(H,19,22)(H,20,23). The average Bonchev–Trinajstić information content (AvgIpc) is 2.82. The minimum Gasteiger partial charge on any atom is -0.350 e. The lowest BCUT2D eigenvalue weighted by Crippen LogP contribution is -2.30. The van der Waals surface area contributed by atoms with Gasteiger partial charge < -0.3 is 10.3 Å². The van der Waals surface area contributed by atoms with E-state index >= 15 is 0 Å². The Kier molecular flexibility index (Phi) is 4.29. The zero-order chi connectivity index (χ0) is 16.4. The molecule has 0 unspecified atom stereocenters. The lowest BCUT2D eigenvalue weighted by molar-refractivity contribution is 0.0951. The zero-order valence-electron chi connectivity index (χ0n) is 12.0. The Morgan fingerprint density at radius 1 is 1.26 bits per heavy atom. The van der Waals surface area contributed by atoms with Crippen molar-refractivity contribution in [2.45, 2.75) is 6.54 Å². The first-order valence-corrected chi connectivity index (χ1v) is 7.76. The molecule has 118 valence electrons. The molecule has 0 radical (unpaired) electrons. The Bertz CT molecular complexity index is 932. The number of aromatic amines is 1. The van der Waals surface area contributed by atoms with E-state index < -0.39 is 5.82 Å². The quantitative estimate of drug-likeness (QED) is 0.733. The first kappa shape index (κ1) is 15.5. The molecule has 1 aromatic heterocycles. The fourth-order valence-corrected chi connectivity index (χ4v) is 2.84. The van der Waals surface area contributed by atoms with E-state index in [9.17, 15) is 14.0 Å². The molecule has 0 fully saturated rings. The Labute approximate surface area is 139 Å². The second-order valence-corrected chi connectivity index (χ2v) is 5.83. The van der Waals surface area contributed by atoms with Gasteiger partial charge in [0.05, 0.1) is 16.6 Å². The molecule has 23 heavy (non-hydrogen) atoms. The number of rotatable bonds is 4. The highest BCUT2D eigenvalue weighted by Gasteiger charge is 2.10. The van der Waals surface area contributed by atoms with Crippen LogP contribution in [0.25, 0.3) is 11.0 Å². The predicted octanol–water partition coefficient (Wildman–Crippen LogP) is 2.66. The number of carbonyl (C=O) groups excluding carboxylic acids is 1. The van der Waals surface area contributed by atoms with Crippen LogP contribution in [0.2, 0.25) is 0 Å². The van der Waals surface area contributed by atoms with E-state index in [0.29, 0.717) is 27.6 Å². The summed E-state index contributed by atoms with van der Waals surface area (Å²) in [4.78, 5) is 26.6. The summed E-state index contributed by atoms with van der Waals surface area (Å²) < 4.78 is 15.3. The summed E-state index contributed by atoms with van der Waals surface area (Å²) in [5.41, 5.74) is 1.24. The summed E-state index contributed by atoms with van der Waals surface area (Å²) >= 11 is 3.32. The van der Waals surface area contributed by atoms with E-state index in [-0.39, 0.29) is 18.1 Å². The number of H-pyrrole nitrogens is 1. The first-order valence-electron chi connectivity index (χ1n) is 6.97. The van der Waals surface area contributed by atoms with Crippen LogP contribution in [-0.2, 0) is 6.54 Å². The fraction of sp³-hybridized carbons (Fsp3) is 0.125. The van der Waals surface area contributed by atoms with Crippen LogP contribution in [0.3, 0.4) is 0 Å². The SMILES string of the molecule is O=C(NCCn1c(=O)[nH]c2cc(F)ccc21)c1ccccc1Br. The highest BCUT2D eigenvalue weighted by molar-refractivity contribution is 9.10. The molecule has 0 aliphatic heterocycles. The van der Waals surface area contributed by atoms with E-state index in [1.807, 2.05) is 6.07 Å². The van der Waals surface area contributed by atoms with Gasteiger partial charge in [-0.25, -0.2) is 9.18 Å². The van der Waals surface area contributed by atoms with Crippen LogP contribution in [0, 0.1) is 5.82 Å². The van der Waals surface area contributed by atoms with Gasteiger partial charge in [0, 0.05) is 17.6 Å². The molecule has 5 nitrogen and oxygen atoms in total. The molecule has 2 N–H and O–H groups in total. The average molecular weight is 378 g/mol. The lowest BCUT2D eigenvalue weighted by atomic mass is 10.2. The number of carbonyl (C=O) groups is 1. The van der Waals surface area contributed by atoms with Crippen LogP contribution in [-0.4, -0.2) is 22.0 Å². The van der Waals surface area contributed by atoms with Crippen molar-refractivity contribution in [3.8, 4) is 0 Å². The zero-order valence-corrected chi connectivity index (χ0v) is 13.6. The van der Waals surface area contributed by atoms with E-state index in [1.54, 1.807) is 18.2 Å². The van der Waals surface area contributed by atoms with Crippen LogP contribution in [0.15, 0.2) is 51.7 Å². The molecule has 0 saturated heterocycles. The van der Waals surface area contributed by atoms with Crippen molar-refractivity contribution in [1.82, 2.24) is 14.9 Å². The number of aromatic nitrogens is 2. The van der Waals surface area contributed by atoms with Gasteiger partial charge in [-0.15, -0.1) is 0 Å². The summed E-state index contributed by atoms with van der Waals surface area (Å²) in [6.45, 7) is 0.574. The van der Waals surface area contributed by atoms with E-state index in [0.717, 1.165) is 0 Å². The van der Waals surface area contributed by atoms with Gasteiger partial charge in [-0.3, -0.25) is 9.36 Å². The maximum absolute atomic E-state index is 13.2. The Morgan fingerprint density at radius 3 is 2.83 bits per heavy atom. The van der Waals surface area contributed by atoms with Crippen molar-refractivity contribution in [3.05, 3.63) is 68.8 Å². The molecule has 3 aromatic rings. The molecule has 0 spiro atoms. The second kappa shape index (κ2) is 6.37. The third-order valence-corrected chi connectivity index (χ3v) is 4.17. The number of fused-ring (bicyclic) bond motifs is 1. The normalized spacial score (nSPS) is 10.9. The largest absolute Gasteiger partial charge is 0.350 e. The minimum atomic E-state index is -0.409. The molecule has 7 heteroatoms. The van der Waals surface area contributed by atoms with Crippen molar-refractivity contribution in [2.24, 2.45) is 0 Å². The van der Waals surface area contributed by atoms with Crippen molar-refractivity contribution in [1.29, 1.82) is 0 Å². The summed E-state index contributed by atoms with van der Waals surface area (Å²) in [7, 11) is 0. The predicted molar refractivity (Wildman–Crippen MR) is 89.0 cm³/mol. The van der Waals surface area contributed by atoms with Gasteiger partial charge in [0.15, 0.2) is 0 Å². The van der Waals surface area contributed by atoms with Gasteiger partial charge in [-0.2, -0.15) is 0 Å². The Hall–Kier alpha value is -2.41. The van der Waals surface area contributed by atoms with Gasteiger partial charge in [-0.1, -0.05) is 12.1 Å². The van der Waals surface area contributed by atoms with Gasteiger partial charge in [0.1, 0.15) is 5.82 Å². The maximum Gasteiger partial charge on any atom is 0.326 e. The molecule has 1 amide bonds. The molecule has 0 aliphatic rings. The second-order valence-electron chi connectivity index (χ2n) is 4.98. The van der Waals surface area contributed by atoms with Crippen LogP contribution in [0.1, 0.15) is 10.4 Å². The van der Waals surface area contributed by atoms with E-state index in [1.165, 1.54) is 22.8 Å². The van der Waals surface area contributed by atoms with Crippen LogP contribution in [0.5, 0.6) is 0 Å². The topological polar surface area (TPSA) is 66.9 Å². The Morgan fingerprint density at radius 2 is 2.04 bits per heavy atom. The number of hydrogen-bond donors (Lipinski definition) is 2. The lowest BCUT2D eigenvalue weighted by Gasteiger charge is -2.07. The highest BCUT2D eigenvalue weighted by Crippen LogP contribution is 2.15. The van der Waals surface area contributed by atoms with Gasteiger partial charge in [0.2, 0.25) is 0 Å². The molecule has 1 heterocycles. The smallest absolute Gasteiger partial charge is 0.326 e. The molecule has 0 atom stereocenters. The monoisotopic (exact) mass is 377 g/mol. The molecule has 0 bridgehead atoms. The molecule has 0 saturated carbocycles. The molecule has 0 aliphatic carbocycles. The van der Waals surface area contributed by atoms with Crippen molar-refractivity contribution in [2.75, 3.05) is 6.54 Å². The highest BCUT2D eigenvalue weighted by atomic mass is 79.9. The molecule has 2 aromatic carbocycles.